The number of para-hydroxylation sites is 1. The summed E-state index contributed by atoms with van der Waals surface area (Å²) in [5, 5.41) is 3.39. The zero-order chi connectivity index (χ0) is 16.9. The van der Waals surface area contributed by atoms with Crippen LogP contribution in [0.4, 0.5) is 5.69 Å². The lowest BCUT2D eigenvalue weighted by Gasteiger charge is -2.23. The van der Waals surface area contributed by atoms with Crippen molar-refractivity contribution in [2.75, 3.05) is 51.8 Å². The summed E-state index contributed by atoms with van der Waals surface area (Å²) < 4.78 is 5.25. The highest BCUT2D eigenvalue weighted by Crippen LogP contribution is 2.27. The van der Waals surface area contributed by atoms with E-state index < -0.39 is 0 Å². The molecular weight excluding hydrogens is 431 g/mol. The topological polar surface area (TPSA) is 57.2 Å². The van der Waals surface area contributed by atoms with Crippen LogP contribution < -0.4 is 10.2 Å². The molecule has 0 aromatic heterocycles. The number of carbonyl (C=O) groups is 1. The molecule has 1 unspecified atom stereocenters. The van der Waals surface area contributed by atoms with E-state index in [1.807, 2.05) is 36.2 Å². The second kappa shape index (κ2) is 9.38. The molecule has 1 saturated heterocycles. The third-order valence-corrected chi connectivity index (χ3v) is 4.74. The molecule has 138 valence electrons. The highest BCUT2D eigenvalue weighted by Gasteiger charge is 2.27. The number of carbonyl (C=O) groups excluding carboxylic acids is 1. The fraction of sp³-hybridized carbons (Fsp3) is 0.556. The van der Waals surface area contributed by atoms with Gasteiger partial charge in [0, 0.05) is 51.9 Å². The van der Waals surface area contributed by atoms with Gasteiger partial charge in [-0.15, -0.1) is 24.0 Å². The average Bonchev–Trinajstić information content (AvgIpc) is 3.16. The van der Waals surface area contributed by atoms with Gasteiger partial charge in [0.05, 0.1) is 13.0 Å². The third-order valence-electron chi connectivity index (χ3n) is 4.74. The Bertz CT molecular complexity index is 623. The largest absolute Gasteiger partial charge is 0.384 e. The van der Waals surface area contributed by atoms with Crippen LogP contribution in [0.1, 0.15) is 12.0 Å². The molecule has 6 nitrogen and oxygen atoms in total. The van der Waals surface area contributed by atoms with Gasteiger partial charge in [-0.05, 0) is 18.1 Å². The number of guanidine groups is 1. The van der Waals surface area contributed by atoms with E-state index in [2.05, 4.69) is 15.2 Å². The molecule has 1 aromatic carbocycles. The van der Waals surface area contributed by atoms with E-state index in [0.29, 0.717) is 25.4 Å². The van der Waals surface area contributed by atoms with Crippen molar-refractivity contribution in [1.29, 1.82) is 0 Å². The summed E-state index contributed by atoms with van der Waals surface area (Å²) in [4.78, 5) is 20.7. The Hall–Kier alpha value is -1.35. The summed E-state index contributed by atoms with van der Waals surface area (Å²) in [6.07, 6.45) is 1.64. The molecule has 7 heteroatoms. The van der Waals surface area contributed by atoms with Crippen molar-refractivity contribution < 1.29 is 9.53 Å². The maximum Gasteiger partial charge on any atom is 0.231 e. The number of methoxy groups -OCH3 is 1. The van der Waals surface area contributed by atoms with Crippen LogP contribution in [0.15, 0.2) is 29.3 Å². The smallest absolute Gasteiger partial charge is 0.231 e. The molecule has 2 aliphatic rings. The zero-order valence-electron chi connectivity index (χ0n) is 14.9. The Balaban J connectivity index is 0.00000225. The number of amides is 1. The maximum absolute atomic E-state index is 12.2. The van der Waals surface area contributed by atoms with Crippen LogP contribution in [0.25, 0.3) is 0 Å². The van der Waals surface area contributed by atoms with Crippen molar-refractivity contribution in [3.63, 3.8) is 0 Å². The lowest BCUT2D eigenvalue weighted by atomic mass is 10.1. The van der Waals surface area contributed by atoms with Gasteiger partial charge in [-0.1, -0.05) is 18.2 Å². The lowest BCUT2D eigenvalue weighted by Crippen LogP contribution is -2.44. The van der Waals surface area contributed by atoms with Gasteiger partial charge >= 0.3 is 0 Å². The molecule has 0 aliphatic carbocycles. The molecule has 1 fully saturated rings. The average molecular weight is 458 g/mol. The van der Waals surface area contributed by atoms with E-state index in [9.17, 15) is 4.79 Å². The van der Waals surface area contributed by atoms with Gasteiger partial charge in [-0.3, -0.25) is 9.79 Å². The lowest BCUT2D eigenvalue weighted by molar-refractivity contribution is -0.117. The van der Waals surface area contributed by atoms with E-state index >= 15 is 0 Å². The Kier molecular flexibility index (Phi) is 7.49. The van der Waals surface area contributed by atoms with E-state index in [1.165, 1.54) is 0 Å². The maximum atomic E-state index is 12.2. The molecular formula is C18H27IN4O2. The van der Waals surface area contributed by atoms with E-state index in [1.54, 1.807) is 7.11 Å². The number of fused-ring (bicyclic) bond motifs is 1. The highest BCUT2D eigenvalue weighted by molar-refractivity contribution is 14.0. The summed E-state index contributed by atoms with van der Waals surface area (Å²) in [6, 6.07) is 8.01. The molecule has 0 saturated carbocycles. The van der Waals surface area contributed by atoms with Crippen LogP contribution in [0.2, 0.25) is 0 Å². The Labute approximate surface area is 166 Å². The van der Waals surface area contributed by atoms with Crippen LogP contribution in [0.3, 0.4) is 0 Å². The first kappa shape index (κ1) is 20.0. The Morgan fingerprint density at radius 2 is 2.20 bits per heavy atom. The molecule has 0 radical (unpaired) electrons. The summed E-state index contributed by atoms with van der Waals surface area (Å²) in [7, 11) is 3.56. The number of anilines is 1. The van der Waals surface area contributed by atoms with Gasteiger partial charge in [-0.2, -0.15) is 0 Å². The first-order valence-corrected chi connectivity index (χ1v) is 8.55. The third kappa shape index (κ3) is 4.63. The fourth-order valence-corrected chi connectivity index (χ4v) is 3.57. The van der Waals surface area contributed by atoms with Gasteiger partial charge in [0.15, 0.2) is 5.96 Å². The van der Waals surface area contributed by atoms with Gasteiger partial charge < -0.3 is 19.9 Å². The van der Waals surface area contributed by atoms with Crippen molar-refractivity contribution in [2.45, 2.75) is 12.8 Å². The number of hydrogen-bond donors (Lipinski definition) is 1. The quantitative estimate of drug-likeness (QED) is 0.415. The van der Waals surface area contributed by atoms with Gasteiger partial charge in [0.1, 0.15) is 0 Å². The van der Waals surface area contributed by atoms with E-state index in [4.69, 9.17) is 4.74 Å². The predicted molar refractivity (Wildman–Crippen MR) is 111 cm³/mol. The minimum absolute atomic E-state index is 0. The normalized spacial score (nSPS) is 19.8. The standard InChI is InChI=1S/C18H26N4O2.HI/c1-19-18(21-9-7-14(12-21)13-24-2)20-8-10-22-16-6-4-3-5-15(16)11-17(22)23;/h3-6,14H,7-13H2,1-2H3,(H,19,20);1H. The summed E-state index contributed by atoms with van der Waals surface area (Å²) >= 11 is 0. The minimum atomic E-state index is 0. The molecule has 1 N–H and O–H groups in total. The van der Waals surface area contributed by atoms with E-state index in [0.717, 1.165) is 43.3 Å². The Morgan fingerprint density at radius 3 is 2.96 bits per heavy atom. The second-order valence-corrected chi connectivity index (χ2v) is 6.38. The van der Waals surface area contributed by atoms with Crippen molar-refractivity contribution in [1.82, 2.24) is 10.2 Å². The first-order valence-electron chi connectivity index (χ1n) is 8.55. The first-order chi connectivity index (χ1) is 11.7. The van der Waals surface area contributed by atoms with Crippen molar-refractivity contribution in [2.24, 2.45) is 10.9 Å². The fourth-order valence-electron chi connectivity index (χ4n) is 3.57. The molecule has 1 atom stereocenters. The summed E-state index contributed by atoms with van der Waals surface area (Å²) in [5.74, 6) is 1.66. The van der Waals surface area contributed by atoms with Gasteiger partial charge in [-0.25, -0.2) is 0 Å². The SMILES string of the molecule is CN=C(NCCN1C(=O)Cc2ccccc21)N1CCC(COC)C1.I. The number of likely N-dealkylation sites (tertiary alicyclic amines) is 1. The molecule has 2 aliphatic heterocycles. The molecule has 1 aromatic rings. The second-order valence-electron chi connectivity index (χ2n) is 6.38. The molecule has 0 spiro atoms. The molecule has 25 heavy (non-hydrogen) atoms. The number of nitrogens with zero attached hydrogens (tertiary/aromatic N) is 3. The van der Waals surface area contributed by atoms with Gasteiger partial charge in [0.2, 0.25) is 5.91 Å². The van der Waals surface area contributed by atoms with Crippen molar-refractivity contribution in [3.05, 3.63) is 29.8 Å². The highest BCUT2D eigenvalue weighted by atomic mass is 127. The van der Waals surface area contributed by atoms with Crippen LogP contribution in [0.5, 0.6) is 0 Å². The van der Waals surface area contributed by atoms with Crippen molar-refractivity contribution >= 4 is 41.5 Å². The van der Waals surface area contributed by atoms with Crippen LogP contribution >= 0.6 is 24.0 Å². The number of nitrogens with one attached hydrogen (secondary N) is 1. The molecule has 0 bridgehead atoms. The van der Waals surface area contributed by atoms with Crippen molar-refractivity contribution in [3.8, 4) is 0 Å². The number of rotatable bonds is 5. The van der Waals surface area contributed by atoms with Gasteiger partial charge in [0.25, 0.3) is 0 Å². The van der Waals surface area contributed by atoms with Crippen LogP contribution in [-0.4, -0.2) is 63.7 Å². The number of halogens is 1. The molecule has 2 heterocycles. The number of hydrogen-bond acceptors (Lipinski definition) is 3. The number of aliphatic imine (C=N–C) groups is 1. The van der Waals surface area contributed by atoms with Crippen LogP contribution in [-0.2, 0) is 16.0 Å². The zero-order valence-corrected chi connectivity index (χ0v) is 17.2. The predicted octanol–water partition coefficient (Wildman–Crippen LogP) is 1.74. The van der Waals surface area contributed by atoms with Crippen LogP contribution in [0, 0.1) is 5.92 Å². The Morgan fingerprint density at radius 1 is 1.40 bits per heavy atom. The summed E-state index contributed by atoms with van der Waals surface area (Å²) in [5.41, 5.74) is 2.16. The monoisotopic (exact) mass is 458 g/mol. The molecule has 3 rings (SSSR count). The minimum Gasteiger partial charge on any atom is -0.384 e. The molecule has 1 amide bonds. The summed E-state index contributed by atoms with van der Waals surface area (Å²) in [6.45, 7) is 4.12. The van der Waals surface area contributed by atoms with E-state index in [-0.39, 0.29) is 29.9 Å². The number of benzene rings is 1. The number of ether oxygens (including phenoxy) is 1.